The number of rotatable bonds is 8. The quantitative estimate of drug-likeness (QED) is 0.403. The molecule has 0 saturated carbocycles. The Morgan fingerprint density at radius 1 is 1.00 bits per heavy atom. The van der Waals surface area contributed by atoms with E-state index in [-0.39, 0.29) is 11.5 Å². The Hall–Kier alpha value is -1.26. The van der Waals surface area contributed by atoms with E-state index in [1.807, 2.05) is 0 Å². The molecule has 10 heteroatoms. The Bertz CT molecular complexity index is 389. The zero-order chi connectivity index (χ0) is 15.9. The van der Waals surface area contributed by atoms with Gasteiger partial charge >= 0.3 is 11.9 Å². The molecule has 0 aromatic carbocycles. The second-order valence-electron chi connectivity index (χ2n) is 3.78. The summed E-state index contributed by atoms with van der Waals surface area (Å²) in [6.45, 7) is 2.21. The van der Waals surface area contributed by atoms with Crippen LogP contribution < -0.4 is 5.73 Å². The van der Waals surface area contributed by atoms with Crippen LogP contribution in [0.1, 0.15) is 13.8 Å². The van der Waals surface area contributed by atoms with E-state index in [4.69, 9.17) is 15.9 Å². The van der Waals surface area contributed by atoms with E-state index < -0.39 is 35.8 Å². The Morgan fingerprint density at radius 3 is 1.80 bits per heavy atom. The maximum Gasteiger partial charge on any atom is 0.327 e. The molecule has 0 aliphatic carbocycles. The van der Waals surface area contributed by atoms with Gasteiger partial charge in [-0.1, -0.05) is 21.6 Å². The van der Waals surface area contributed by atoms with Crippen LogP contribution in [0.15, 0.2) is 0 Å². The van der Waals surface area contributed by atoms with Crippen LogP contribution in [0.25, 0.3) is 0 Å². The summed E-state index contributed by atoms with van der Waals surface area (Å²) in [7, 11) is 2.12. The molecule has 20 heavy (non-hydrogen) atoms. The molecule has 0 spiro atoms. The third kappa shape index (κ3) is 6.26. The van der Waals surface area contributed by atoms with Crippen molar-refractivity contribution in [3.63, 3.8) is 0 Å². The smallest absolute Gasteiger partial charge is 0.327 e. The van der Waals surface area contributed by atoms with Crippen molar-refractivity contribution < 1.29 is 29.4 Å². The Balaban J connectivity index is 4.50. The second kappa shape index (κ2) is 8.82. The van der Waals surface area contributed by atoms with Gasteiger partial charge in [-0.3, -0.25) is 19.3 Å². The molecule has 0 radical (unpaired) electrons. The van der Waals surface area contributed by atoms with Gasteiger partial charge in [0.1, 0.15) is 12.1 Å². The summed E-state index contributed by atoms with van der Waals surface area (Å²) in [6.07, 6.45) is 0. The van der Waals surface area contributed by atoms with Crippen LogP contribution >= 0.6 is 21.6 Å². The first-order valence-corrected chi connectivity index (χ1v) is 7.93. The molecule has 114 valence electrons. The zero-order valence-corrected chi connectivity index (χ0v) is 12.6. The van der Waals surface area contributed by atoms with Crippen LogP contribution in [0, 0.1) is 0 Å². The zero-order valence-electron chi connectivity index (χ0n) is 10.9. The predicted molar refractivity (Wildman–Crippen MR) is 75.2 cm³/mol. The number of nitrogens with two attached hydrogens (primary N) is 1. The summed E-state index contributed by atoms with van der Waals surface area (Å²) in [5.41, 5.74) is 5.28. The minimum Gasteiger partial charge on any atom is -0.480 e. The van der Waals surface area contributed by atoms with Crippen molar-refractivity contribution in [2.45, 2.75) is 25.9 Å². The molecule has 0 aliphatic heterocycles. The number of imide groups is 1. The average Bonchev–Trinajstić information content (AvgIpc) is 2.30. The van der Waals surface area contributed by atoms with Gasteiger partial charge in [-0.05, 0) is 0 Å². The van der Waals surface area contributed by atoms with Crippen LogP contribution in [0.4, 0.5) is 0 Å². The summed E-state index contributed by atoms with van der Waals surface area (Å²) in [6, 6.07) is -2.34. The molecule has 0 aliphatic rings. The van der Waals surface area contributed by atoms with Crippen molar-refractivity contribution in [3.8, 4) is 0 Å². The highest BCUT2D eigenvalue weighted by Gasteiger charge is 2.30. The van der Waals surface area contributed by atoms with Gasteiger partial charge in [0.15, 0.2) is 0 Å². The fourth-order valence-electron chi connectivity index (χ4n) is 1.22. The van der Waals surface area contributed by atoms with Gasteiger partial charge in [0.2, 0.25) is 11.8 Å². The van der Waals surface area contributed by atoms with E-state index in [2.05, 4.69) is 0 Å². The third-order valence-corrected chi connectivity index (χ3v) is 4.58. The molecular weight excluding hydrogens is 308 g/mol. The molecule has 0 saturated heterocycles. The molecule has 0 rings (SSSR count). The summed E-state index contributed by atoms with van der Waals surface area (Å²) in [5.74, 6) is -3.72. The number of carbonyl (C=O) groups excluding carboxylic acids is 2. The first-order valence-electron chi connectivity index (χ1n) is 5.44. The Labute approximate surface area is 123 Å². The lowest BCUT2D eigenvalue weighted by molar-refractivity contribution is -0.155. The highest BCUT2D eigenvalue weighted by atomic mass is 33.1. The van der Waals surface area contributed by atoms with Crippen molar-refractivity contribution in [1.29, 1.82) is 0 Å². The van der Waals surface area contributed by atoms with Gasteiger partial charge in [-0.2, -0.15) is 0 Å². The fraction of sp³-hybridized carbons (Fsp3) is 0.600. The summed E-state index contributed by atoms with van der Waals surface area (Å²) in [4.78, 5) is 44.8. The Morgan fingerprint density at radius 2 is 1.45 bits per heavy atom. The number of nitrogens with zero attached hydrogens (tertiary/aromatic N) is 1. The summed E-state index contributed by atoms with van der Waals surface area (Å²) >= 11 is 0. The van der Waals surface area contributed by atoms with E-state index in [0.717, 1.165) is 35.4 Å². The minimum absolute atomic E-state index is 0.0501. The maximum absolute atomic E-state index is 11.3. The van der Waals surface area contributed by atoms with Crippen LogP contribution in [0.5, 0.6) is 0 Å². The first kappa shape index (κ1) is 18.7. The lowest BCUT2D eigenvalue weighted by Crippen LogP contribution is -2.48. The number of carbonyl (C=O) groups is 4. The molecule has 1 unspecified atom stereocenters. The van der Waals surface area contributed by atoms with E-state index in [1.165, 1.54) is 0 Å². The van der Waals surface area contributed by atoms with Gasteiger partial charge in [0.05, 0.1) is 0 Å². The van der Waals surface area contributed by atoms with Crippen molar-refractivity contribution in [2.75, 3.05) is 11.5 Å². The maximum atomic E-state index is 11.3. The molecule has 0 heterocycles. The SMILES string of the molecule is CC(=O)N(C(C)=O)[C@@H](CSSCC(N)C(=O)O)C(=O)O. The molecular formula is C10H16N2O6S2. The fourth-order valence-corrected chi connectivity index (χ4v) is 3.53. The molecule has 8 nitrogen and oxygen atoms in total. The van der Waals surface area contributed by atoms with Gasteiger partial charge in [0, 0.05) is 25.4 Å². The number of hydrogen-bond donors (Lipinski definition) is 3. The van der Waals surface area contributed by atoms with Crippen LogP contribution in [0.3, 0.4) is 0 Å². The lowest BCUT2D eigenvalue weighted by Gasteiger charge is -2.24. The molecule has 4 N–H and O–H groups in total. The topological polar surface area (TPSA) is 138 Å². The van der Waals surface area contributed by atoms with Gasteiger partial charge in [-0.25, -0.2) is 4.79 Å². The van der Waals surface area contributed by atoms with Crippen molar-refractivity contribution in [1.82, 2.24) is 4.90 Å². The highest BCUT2D eigenvalue weighted by molar-refractivity contribution is 8.76. The summed E-state index contributed by atoms with van der Waals surface area (Å²) < 4.78 is 0. The van der Waals surface area contributed by atoms with Gasteiger partial charge in [0.25, 0.3) is 0 Å². The van der Waals surface area contributed by atoms with Gasteiger partial charge in [-0.15, -0.1) is 0 Å². The molecule has 0 aromatic heterocycles. The van der Waals surface area contributed by atoms with Crippen molar-refractivity contribution in [2.24, 2.45) is 5.73 Å². The molecule has 0 aromatic rings. The Kier molecular flexibility index (Phi) is 8.26. The van der Waals surface area contributed by atoms with Crippen LogP contribution in [-0.4, -0.2) is 62.5 Å². The van der Waals surface area contributed by atoms with Crippen LogP contribution in [-0.2, 0) is 19.2 Å². The monoisotopic (exact) mass is 324 g/mol. The standard InChI is InChI=1S/C10H16N2O6S2/c1-5(13)12(6(2)14)8(10(17)18)4-20-19-3-7(11)9(15)16/h7-8H,3-4,11H2,1-2H3,(H,15,16)(H,17,18)/t7?,8-/m0/s1. The predicted octanol–water partition coefficient (Wildman–Crippen LogP) is -0.372. The average molecular weight is 324 g/mol. The van der Waals surface area contributed by atoms with E-state index in [0.29, 0.717) is 4.90 Å². The largest absolute Gasteiger partial charge is 0.480 e. The molecule has 0 bridgehead atoms. The van der Waals surface area contributed by atoms with Crippen molar-refractivity contribution in [3.05, 3.63) is 0 Å². The number of aliphatic carboxylic acids is 2. The highest BCUT2D eigenvalue weighted by Crippen LogP contribution is 2.24. The van der Waals surface area contributed by atoms with E-state index in [9.17, 15) is 19.2 Å². The van der Waals surface area contributed by atoms with E-state index >= 15 is 0 Å². The lowest BCUT2D eigenvalue weighted by atomic mass is 10.3. The molecule has 2 amide bonds. The van der Waals surface area contributed by atoms with Gasteiger partial charge < -0.3 is 15.9 Å². The van der Waals surface area contributed by atoms with E-state index in [1.54, 1.807) is 0 Å². The molecule has 0 fully saturated rings. The summed E-state index contributed by atoms with van der Waals surface area (Å²) in [5, 5.41) is 17.6. The second-order valence-corrected chi connectivity index (χ2v) is 6.33. The number of carboxylic acids is 2. The molecule has 2 atom stereocenters. The minimum atomic E-state index is -1.30. The third-order valence-electron chi connectivity index (χ3n) is 2.15. The normalized spacial score (nSPS) is 13.3. The van der Waals surface area contributed by atoms with Crippen LogP contribution in [0.2, 0.25) is 0 Å². The first-order chi connectivity index (χ1) is 9.18. The number of carboxylic acid groups (broad SMARTS) is 2. The number of hydrogen-bond acceptors (Lipinski definition) is 7. The van der Waals surface area contributed by atoms with Crippen molar-refractivity contribution >= 4 is 45.3 Å². The number of amides is 2.